The molecule has 216 valence electrons. The Bertz CT molecular complexity index is 1310. The molecule has 1 atom stereocenters. The molecule has 0 radical (unpaired) electrons. The molecule has 0 saturated heterocycles. The number of aliphatic hydroxyl groups is 1. The molecule has 0 aromatic heterocycles. The van der Waals surface area contributed by atoms with Gasteiger partial charge in [0.05, 0.1) is 16.6 Å². The van der Waals surface area contributed by atoms with E-state index in [0.717, 1.165) is 34.6 Å². The maximum atomic E-state index is 13.6. The molecule has 0 fully saturated rings. The van der Waals surface area contributed by atoms with Crippen LogP contribution >= 0.6 is 0 Å². The van der Waals surface area contributed by atoms with Gasteiger partial charge in [-0.05, 0) is 62.6 Å². The van der Waals surface area contributed by atoms with Crippen molar-refractivity contribution in [1.82, 2.24) is 5.32 Å². The highest BCUT2D eigenvalue weighted by Gasteiger charge is 2.71. The monoisotopic (exact) mass is 585 g/mol. The van der Waals surface area contributed by atoms with Crippen LogP contribution in [0.5, 0.6) is 0 Å². The molecule has 0 unspecified atom stereocenters. The Balaban J connectivity index is 2.12. The summed E-state index contributed by atoms with van der Waals surface area (Å²) in [7, 11) is -4.58. The number of halogens is 7. The third kappa shape index (κ3) is 6.14. The van der Waals surface area contributed by atoms with Crippen molar-refractivity contribution in [1.29, 1.82) is 0 Å². The maximum absolute atomic E-state index is 13.6. The largest absolute Gasteiger partial charge is 0.430 e. The van der Waals surface area contributed by atoms with Crippen molar-refractivity contribution in [3.8, 4) is 0 Å². The molecular weight excluding hydrogens is 559 g/mol. The number of nitrogens with one attached hydrogen (secondary N) is 1. The Morgan fingerprint density at radius 2 is 1.62 bits per heavy atom. The van der Waals surface area contributed by atoms with Crippen LogP contribution in [0.25, 0.3) is 0 Å². The molecule has 2 aromatic carbocycles. The number of sulfonamides is 1. The average Bonchev–Trinajstić information content (AvgIpc) is 2.80. The quantitative estimate of drug-likeness (QED) is 0.427. The van der Waals surface area contributed by atoms with E-state index in [4.69, 9.17) is 5.73 Å². The highest BCUT2D eigenvalue weighted by atomic mass is 32.2. The van der Waals surface area contributed by atoms with E-state index in [1.807, 2.05) is 0 Å². The topological polar surface area (TPSA) is 113 Å². The van der Waals surface area contributed by atoms with Gasteiger partial charge in [-0.3, -0.25) is 9.10 Å². The summed E-state index contributed by atoms with van der Waals surface area (Å²) in [5, 5.41) is 12.4. The number of benzene rings is 2. The van der Waals surface area contributed by atoms with E-state index >= 15 is 0 Å². The second-order valence-electron chi connectivity index (χ2n) is 9.97. The first-order chi connectivity index (χ1) is 17.7. The lowest BCUT2D eigenvalue weighted by atomic mass is 9.87. The Labute approximate surface area is 219 Å². The number of carbonyl (C=O) groups is 1. The molecule has 7 nitrogen and oxygen atoms in total. The highest BCUT2D eigenvalue weighted by molar-refractivity contribution is 7.92. The minimum absolute atomic E-state index is 0.0384. The molecule has 0 spiro atoms. The molecule has 1 heterocycles. The Hall–Kier alpha value is -2.91. The molecule has 15 heteroatoms. The van der Waals surface area contributed by atoms with Crippen LogP contribution in [0, 0.1) is 5.82 Å². The van der Waals surface area contributed by atoms with Crippen LogP contribution in [-0.4, -0.2) is 49.9 Å². The summed E-state index contributed by atoms with van der Waals surface area (Å²) < 4.78 is 122. The number of alkyl halides is 6. The molecule has 2 aromatic rings. The normalized spacial score (nSPS) is 17.1. The summed E-state index contributed by atoms with van der Waals surface area (Å²) in [4.78, 5) is 12.2. The zero-order chi connectivity index (χ0) is 29.6. The van der Waals surface area contributed by atoms with Gasteiger partial charge < -0.3 is 16.2 Å². The molecule has 3 rings (SSSR count). The van der Waals surface area contributed by atoms with Crippen LogP contribution in [-0.2, 0) is 26.8 Å². The lowest BCUT2D eigenvalue weighted by Gasteiger charge is -2.39. The molecule has 1 amide bonds. The lowest BCUT2D eigenvalue weighted by molar-refractivity contribution is -0.376. The van der Waals surface area contributed by atoms with Gasteiger partial charge in [-0.25, -0.2) is 12.8 Å². The molecule has 0 bridgehead atoms. The van der Waals surface area contributed by atoms with Crippen LogP contribution < -0.4 is 15.4 Å². The van der Waals surface area contributed by atoms with Crippen LogP contribution in [0.15, 0.2) is 47.4 Å². The smallest absolute Gasteiger partial charge is 0.369 e. The third-order valence-corrected chi connectivity index (χ3v) is 8.05. The molecule has 0 saturated carbocycles. The van der Waals surface area contributed by atoms with E-state index in [0.29, 0.717) is 12.1 Å². The second-order valence-corrected chi connectivity index (χ2v) is 11.8. The van der Waals surface area contributed by atoms with Crippen LogP contribution in [0.3, 0.4) is 0 Å². The predicted molar refractivity (Wildman–Crippen MR) is 127 cm³/mol. The van der Waals surface area contributed by atoms with E-state index in [9.17, 15) is 49.1 Å². The van der Waals surface area contributed by atoms with Gasteiger partial charge in [0.15, 0.2) is 0 Å². The number of nitrogens with two attached hydrogens (primary N) is 1. The van der Waals surface area contributed by atoms with Crippen molar-refractivity contribution in [2.75, 3.05) is 10.8 Å². The summed E-state index contributed by atoms with van der Waals surface area (Å²) in [5.74, 6) is -1.35. The van der Waals surface area contributed by atoms with Crippen molar-refractivity contribution in [2.45, 2.75) is 67.5 Å². The first kappa shape index (κ1) is 30.6. The first-order valence-corrected chi connectivity index (χ1v) is 13.0. The Morgan fingerprint density at radius 1 is 1.05 bits per heavy atom. The molecule has 1 aliphatic heterocycles. The van der Waals surface area contributed by atoms with Crippen LogP contribution in [0.4, 0.5) is 36.4 Å². The van der Waals surface area contributed by atoms with Gasteiger partial charge in [0.2, 0.25) is 5.91 Å². The summed E-state index contributed by atoms with van der Waals surface area (Å²) >= 11 is 0. The standard InChI is InChI=1S/C24H26F7N3O4S/c1-21(2,32)13-33-20(35)12-17-7-3-14-11-15(22(36,23(26,27)28)24(29,30)31)4-10-19(14)34(17)39(37,38)18-8-5-16(25)6-9-18/h4-6,8-11,17,36H,3,7,12-13,32H2,1-2H3,(H,33,35)/t17-/m0/s1. The molecule has 0 aliphatic carbocycles. The van der Waals surface area contributed by atoms with Gasteiger partial charge in [-0.1, -0.05) is 12.1 Å². The molecule has 39 heavy (non-hydrogen) atoms. The van der Waals surface area contributed by atoms with Crippen molar-refractivity contribution in [2.24, 2.45) is 5.73 Å². The number of hydrogen-bond donors (Lipinski definition) is 3. The van der Waals surface area contributed by atoms with Crippen molar-refractivity contribution in [3.63, 3.8) is 0 Å². The summed E-state index contributed by atoms with van der Waals surface area (Å²) in [6.07, 6.45) is -13.0. The van der Waals surface area contributed by atoms with E-state index in [-0.39, 0.29) is 30.6 Å². The zero-order valence-corrected chi connectivity index (χ0v) is 21.5. The molecular formula is C24H26F7N3O4S. The van der Waals surface area contributed by atoms with E-state index in [2.05, 4.69) is 5.32 Å². The number of aryl methyl sites for hydroxylation is 1. The fourth-order valence-electron chi connectivity index (χ4n) is 4.19. The second kappa shape index (κ2) is 10.2. The zero-order valence-electron chi connectivity index (χ0n) is 20.7. The predicted octanol–water partition coefficient (Wildman–Crippen LogP) is 3.89. The number of carbonyl (C=O) groups excluding carboxylic acids is 1. The summed E-state index contributed by atoms with van der Waals surface area (Å²) in [6.45, 7) is 3.31. The first-order valence-electron chi connectivity index (χ1n) is 11.5. The van der Waals surface area contributed by atoms with Gasteiger partial charge in [-0.2, -0.15) is 26.3 Å². The van der Waals surface area contributed by atoms with Crippen LogP contribution in [0.1, 0.15) is 37.8 Å². The minimum Gasteiger partial charge on any atom is -0.369 e. The molecule has 1 aliphatic rings. The lowest BCUT2D eigenvalue weighted by Crippen LogP contribution is -2.54. The van der Waals surface area contributed by atoms with E-state index in [1.54, 1.807) is 13.8 Å². The van der Waals surface area contributed by atoms with Gasteiger partial charge in [0.1, 0.15) is 5.82 Å². The van der Waals surface area contributed by atoms with Crippen molar-refractivity contribution in [3.05, 3.63) is 59.4 Å². The summed E-state index contributed by atoms with van der Waals surface area (Å²) in [6, 6.07) is 4.02. The number of fused-ring (bicyclic) bond motifs is 1. The number of amides is 1. The highest BCUT2D eigenvalue weighted by Crippen LogP contribution is 2.51. The van der Waals surface area contributed by atoms with Crippen LogP contribution in [0.2, 0.25) is 0 Å². The van der Waals surface area contributed by atoms with Crippen molar-refractivity contribution < 1.29 is 49.1 Å². The molecule has 4 N–H and O–H groups in total. The maximum Gasteiger partial charge on any atom is 0.430 e. The number of anilines is 1. The number of rotatable bonds is 7. The van der Waals surface area contributed by atoms with Gasteiger partial charge in [0.25, 0.3) is 15.6 Å². The van der Waals surface area contributed by atoms with Gasteiger partial charge >= 0.3 is 12.4 Å². The SMILES string of the molecule is CC(C)(N)CNC(=O)C[C@@H]1CCc2cc(C(O)(C(F)(F)F)C(F)(F)F)ccc2N1S(=O)(=O)c1ccc(F)cc1. The van der Waals surface area contributed by atoms with E-state index < -0.39 is 68.2 Å². The van der Waals surface area contributed by atoms with Crippen molar-refractivity contribution >= 4 is 21.6 Å². The number of nitrogens with zero attached hydrogens (tertiary/aromatic N) is 1. The minimum atomic E-state index is -6.13. The van der Waals surface area contributed by atoms with Gasteiger partial charge in [0, 0.05) is 24.1 Å². The van der Waals surface area contributed by atoms with E-state index in [1.165, 1.54) is 0 Å². The number of hydrogen-bond acceptors (Lipinski definition) is 5. The third-order valence-electron chi connectivity index (χ3n) is 6.17. The average molecular weight is 586 g/mol. The Kier molecular flexibility index (Phi) is 8.05. The fourth-order valence-corrected chi connectivity index (χ4v) is 5.91. The summed E-state index contributed by atoms with van der Waals surface area (Å²) in [5.41, 5.74) is -2.21. The fraction of sp³-hybridized carbons (Fsp3) is 0.458. The van der Waals surface area contributed by atoms with Gasteiger partial charge in [-0.15, -0.1) is 0 Å². The Morgan fingerprint density at radius 3 is 2.13 bits per heavy atom.